The molecule has 1 atom stereocenters. The highest BCUT2D eigenvalue weighted by Gasteiger charge is 2.22. The van der Waals surface area contributed by atoms with E-state index in [1.807, 2.05) is 0 Å². The van der Waals surface area contributed by atoms with Crippen molar-refractivity contribution in [3.8, 4) is 5.75 Å². The van der Waals surface area contributed by atoms with Crippen molar-refractivity contribution in [2.24, 2.45) is 5.73 Å². The van der Waals surface area contributed by atoms with E-state index >= 15 is 0 Å². The molecule has 4 N–H and O–H groups in total. The summed E-state index contributed by atoms with van der Waals surface area (Å²) in [5.41, 5.74) is 6.93. The zero-order valence-electron chi connectivity index (χ0n) is 12.6. The number of carbonyl (C=O) groups excluding carboxylic acids is 1. The van der Waals surface area contributed by atoms with E-state index in [1.54, 1.807) is 24.3 Å². The molecule has 0 bridgehead atoms. The van der Waals surface area contributed by atoms with Crippen LogP contribution in [0.4, 0.5) is 0 Å². The molecule has 1 unspecified atom stereocenters. The zero-order chi connectivity index (χ0) is 15.2. The Balaban J connectivity index is 1.78. The number of nitrogens with one attached hydrogen (secondary N) is 1. The number of likely N-dealkylation sites (tertiary alicyclic amines) is 1. The minimum absolute atomic E-state index is 0.0852. The Kier molecular flexibility index (Phi) is 5.59. The quantitative estimate of drug-likeness (QED) is 0.752. The maximum Gasteiger partial charge on any atom is 0.237 e. The van der Waals surface area contributed by atoms with Crippen LogP contribution in [0.2, 0.25) is 0 Å². The number of amides is 1. The Labute approximate surface area is 126 Å². The van der Waals surface area contributed by atoms with Crippen molar-refractivity contribution in [1.82, 2.24) is 10.2 Å². The van der Waals surface area contributed by atoms with E-state index in [9.17, 15) is 9.90 Å². The Morgan fingerprint density at radius 2 is 2.00 bits per heavy atom. The third-order valence-electron chi connectivity index (χ3n) is 4.11. The summed E-state index contributed by atoms with van der Waals surface area (Å²) in [5.74, 6) is 0.137. The number of phenolic OH excluding ortho intramolecular Hbond substituents is 1. The van der Waals surface area contributed by atoms with E-state index in [4.69, 9.17) is 5.73 Å². The standard InChI is InChI=1S/C16H25N3O2/c1-2-19-9-7-13(8-10-19)18-16(21)15(17)11-12-3-5-14(20)6-4-12/h3-6,13,15,20H,2,7-11,17H2,1H3,(H,18,21). The summed E-state index contributed by atoms with van der Waals surface area (Å²) in [6.07, 6.45) is 2.47. The van der Waals surface area contributed by atoms with E-state index in [0.29, 0.717) is 6.42 Å². The van der Waals surface area contributed by atoms with Gasteiger partial charge in [0.2, 0.25) is 5.91 Å². The summed E-state index contributed by atoms with van der Waals surface area (Å²) >= 11 is 0. The number of benzene rings is 1. The third kappa shape index (κ3) is 4.72. The molecule has 1 fully saturated rings. The molecule has 1 aliphatic heterocycles. The highest BCUT2D eigenvalue weighted by molar-refractivity contribution is 5.82. The average molecular weight is 291 g/mol. The molecule has 1 aliphatic rings. The fourth-order valence-electron chi connectivity index (χ4n) is 2.68. The van der Waals surface area contributed by atoms with Crippen LogP contribution in [-0.4, -0.2) is 47.6 Å². The molecule has 0 aliphatic carbocycles. The van der Waals surface area contributed by atoms with E-state index in [2.05, 4.69) is 17.1 Å². The highest BCUT2D eigenvalue weighted by Crippen LogP contribution is 2.12. The van der Waals surface area contributed by atoms with Crippen LogP contribution < -0.4 is 11.1 Å². The second kappa shape index (κ2) is 7.43. The van der Waals surface area contributed by atoms with Crippen molar-refractivity contribution in [3.05, 3.63) is 29.8 Å². The van der Waals surface area contributed by atoms with Gasteiger partial charge in [0.25, 0.3) is 0 Å². The first-order chi connectivity index (χ1) is 10.1. The van der Waals surface area contributed by atoms with E-state index in [-0.39, 0.29) is 17.7 Å². The van der Waals surface area contributed by atoms with Gasteiger partial charge in [0, 0.05) is 19.1 Å². The number of hydrogen-bond donors (Lipinski definition) is 3. The third-order valence-corrected chi connectivity index (χ3v) is 4.11. The molecular weight excluding hydrogens is 266 g/mol. The van der Waals surface area contributed by atoms with E-state index in [1.165, 1.54) is 0 Å². The van der Waals surface area contributed by atoms with Gasteiger partial charge in [0.05, 0.1) is 6.04 Å². The smallest absolute Gasteiger partial charge is 0.237 e. The van der Waals surface area contributed by atoms with Crippen molar-refractivity contribution >= 4 is 5.91 Å². The van der Waals surface area contributed by atoms with E-state index in [0.717, 1.165) is 38.0 Å². The Morgan fingerprint density at radius 3 is 2.57 bits per heavy atom. The second-order valence-corrected chi connectivity index (χ2v) is 5.69. The molecule has 0 aromatic heterocycles. The van der Waals surface area contributed by atoms with Crippen LogP contribution in [-0.2, 0) is 11.2 Å². The van der Waals surface area contributed by atoms with Crippen LogP contribution >= 0.6 is 0 Å². The first-order valence-electron chi connectivity index (χ1n) is 7.64. The summed E-state index contributed by atoms with van der Waals surface area (Å²) in [6, 6.07) is 6.51. The summed E-state index contributed by atoms with van der Waals surface area (Å²) in [4.78, 5) is 14.5. The maximum atomic E-state index is 12.1. The Morgan fingerprint density at radius 1 is 1.38 bits per heavy atom. The van der Waals surface area contributed by atoms with Gasteiger partial charge in [0.1, 0.15) is 5.75 Å². The van der Waals surface area contributed by atoms with Gasteiger partial charge in [-0.05, 0) is 43.5 Å². The van der Waals surface area contributed by atoms with E-state index < -0.39 is 6.04 Å². The number of nitrogens with two attached hydrogens (primary N) is 1. The molecule has 0 radical (unpaired) electrons. The van der Waals surface area contributed by atoms with Gasteiger partial charge in [-0.25, -0.2) is 0 Å². The summed E-state index contributed by atoms with van der Waals surface area (Å²) in [6.45, 7) is 5.30. The monoisotopic (exact) mass is 291 g/mol. The van der Waals surface area contributed by atoms with Crippen molar-refractivity contribution < 1.29 is 9.90 Å². The lowest BCUT2D eigenvalue weighted by atomic mass is 10.0. The molecule has 1 aromatic carbocycles. The number of carbonyl (C=O) groups is 1. The molecule has 5 nitrogen and oxygen atoms in total. The van der Waals surface area contributed by atoms with Gasteiger partial charge >= 0.3 is 0 Å². The molecular formula is C16H25N3O2. The fraction of sp³-hybridized carbons (Fsp3) is 0.562. The van der Waals surface area contributed by atoms with Crippen molar-refractivity contribution in [2.45, 2.75) is 38.3 Å². The number of piperidine rings is 1. The van der Waals surface area contributed by atoms with Crippen molar-refractivity contribution in [2.75, 3.05) is 19.6 Å². The molecule has 5 heteroatoms. The largest absolute Gasteiger partial charge is 0.508 e. The summed E-state index contributed by atoms with van der Waals surface area (Å²) < 4.78 is 0. The first-order valence-corrected chi connectivity index (χ1v) is 7.64. The number of phenols is 1. The number of rotatable bonds is 5. The van der Waals surface area contributed by atoms with Crippen LogP contribution in [0.25, 0.3) is 0 Å². The lowest BCUT2D eigenvalue weighted by molar-refractivity contribution is -0.123. The van der Waals surface area contributed by atoms with Crippen LogP contribution in [0.5, 0.6) is 5.75 Å². The number of aromatic hydroxyl groups is 1. The average Bonchev–Trinajstić information content (AvgIpc) is 2.50. The molecule has 0 saturated carbocycles. The SMILES string of the molecule is CCN1CCC(NC(=O)C(N)Cc2ccc(O)cc2)CC1. The van der Waals surface area contributed by atoms with Crippen molar-refractivity contribution in [1.29, 1.82) is 0 Å². The number of nitrogens with zero attached hydrogens (tertiary/aromatic N) is 1. The predicted molar refractivity (Wildman–Crippen MR) is 83.1 cm³/mol. The van der Waals surface area contributed by atoms with Crippen LogP contribution in [0.3, 0.4) is 0 Å². The lowest BCUT2D eigenvalue weighted by Crippen LogP contribution is -2.50. The van der Waals surface area contributed by atoms with Gasteiger partial charge in [-0.2, -0.15) is 0 Å². The first kappa shape index (κ1) is 15.8. The van der Waals surface area contributed by atoms with Crippen LogP contribution in [0.1, 0.15) is 25.3 Å². The maximum absolute atomic E-state index is 12.1. The van der Waals surface area contributed by atoms with Crippen LogP contribution in [0, 0.1) is 0 Å². The van der Waals surface area contributed by atoms with Gasteiger partial charge in [-0.1, -0.05) is 19.1 Å². The summed E-state index contributed by atoms with van der Waals surface area (Å²) in [5, 5.41) is 12.3. The van der Waals surface area contributed by atoms with Gasteiger partial charge in [-0.3, -0.25) is 4.79 Å². The van der Waals surface area contributed by atoms with Gasteiger partial charge < -0.3 is 21.1 Å². The van der Waals surface area contributed by atoms with Gasteiger partial charge in [0.15, 0.2) is 0 Å². The molecule has 1 amide bonds. The van der Waals surface area contributed by atoms with Crippen molar-refractivity contribution in [3.63, 3.8) is 0 Å². The molecule has 1 saturated heterocycles. The fourth-order valence-corrected chi connectivity index (χ4v) is 2.68. The minimum Gasteiger partial charge on any atom is -0.508 e. The molecule has 1 aromatic rings. The Bertz CT molecular complexity index is 453. The van der Waals surface area contributed by atoms with Gasteiger partial charge in [-0.15, -0.1) is 0 Å². The topological polar surface area (TPSA) is 78.6 Å². The minimum atomic E-state index is -0.543. The predicted octanol–water partition coefficient (Wildman–Crippen LogP) is 0.863. The molecule has 116 valence electrons. The molecule has 1 heterocycles. The normalized spacial score (nSPS) is 18.4. The molecule has 21 heavy (non-hydrogen) atoms. The Hall–Kier alpha value is -1.59. The molecule has 0 spiro atoms. The van der Waals surface area contributed by atoms with Crippen LogP contribution in [0.15, 0.2) is 24.3 Å². The number of hydrogen-bond acceptors (Lipinski definition) is 4. The molecule has 2 rings (SSSR count). The highest BCUT2D eigenvalue weighted by atomic mass is 16.3. The zero-order valence-corrected chi connectivity index (χ0v) is 12.6. The lowest BCUT2D eigenvalue weighted by Gasteiger charge is -2.32. The second-order valence-electron chi connectivity index (χ2n) is 5.69. The summed E-state index contributed by atoms with van der Waals surface area (Å²) in [7, 11) is 0.